The molecule has 1 atom stereocenters. The number of aliphatic hydroxyl groups is 1. The molecular weight excluding hydrogens is 226 g/mol. The van der Waals surface area contributed by atoms with E-state index in [2.05, 4.69) is 12.2 Å². The van der Waals surface area contributed by atoms with Gasteiger partial charge in [-0.05, 0) is 19.8 Å². The zero-order chi connectivity index (χ0) is 13.9. The van der Waals surface area contributed by atoms with Gasteiger partial charge in [0, 0.05) is 6.42 Å². The van der Waals surface area contributed by atoms with E-state index in [-0.39, 0.29) is 12.5 Å². The maximum atomic E-state index is 11.7. The second-order valence-electron chi connectivity index (χ2n) is 5.49. The van der Waals surface area contributed by atoms with Crippen LogP contribution in [0.1, 0.15) is 78.6 Å². The standard InChI is InChI=1S/C15H31NO2/c1-4-6-7-8-9-10-11-12-14(18)16-15(3,5-2)13-17/h17H,4-13H2,1-3H3,(H,16,18). The van der Waals surface area contributed by atoms with E-state index in [1.807, 2.05) is 13.8 Å². The smallest absolute Gasteiger partial charge is 0.220 e. The van der Waals surface area contributed by atoms with Gasteiger partial charge >= 0.3 is 0 Å². The predicted molar refractivity (Wildman–Crippen MR) is 76.5 cm³/mol. The van der Waals surface area contributed by atoms with Crippen molar-refractivity contribution in [3.63, 3.8) is 0 Å². The lowest BCUT2D eigenvalue weighted by Gasteiger charge is -2.27. The molecule has 0 aromatic heterocycles. The van der Waals surface area contributed by atoms with Crippen molar-refractivity contribution in [3.05, 3.63) is 0 Å². The molecule has 0 aromatic carbocycles. The molecule has 0 aromatic rings. The first-order valence-corrected chi connectivity index (χ1v) is 7.50. The van der Waals surface area contributed by atoms with Crippen molar-refractivity contribution in [3.8, 4) is 0 Å². The Kier molecular flexibility index (Phi) is 10.0. The number of nitrogens with one attached hydrogen (secondary N) is 1. The van der Waals surface area contributed by atoms with Crippen LogP contribution in [0.4, 0.5) is 0 Å². The van der Waals surface area contributed by atoms with E-state index in [0.717, 1.165) is 19.3 Å². The Hall–Kier alpha value is -0.570. The molecule has 0 fully saturated rings. The minimum absolute atomic E-state index is 0.00621. The van der Waals surface area contributed by atoms with Gasteiger partial charge in [0.2, 0.25) is 5.91 Å². The van der Waals surface area contributed by atoms with Crippen LogP contribution in [0.15, 0.2) is 0 Å². The van der Waals surface area contributed by atoms with Crippen molar-refractivity contribution >= 4 is 5.91 Å². The summed E-state index contributed by atoms with van der Waals surface area (Å²) in [5, 5.41) is 12.1. The van der Waals surface area contributed by atoms with Crippen LogP contribution in [-0.4, -0.2) is 23.2 Å². The summed E-state index contributed by atoms with van der Waals surface area (Å²) in [4.78, 5) is 11.7. The second kappa shape index (κ2) is 10.4. The summed E-state index contributed by atoms with van der Waals surface area (Å²) >= 11 is 0. The largest absolute Gasteiger partial charge is 0.394 e. The number of amides is 1. The molecule has 0 radical (unpaired) electrons. The molecule has 0 bridgehead atoms. The molecule has 3 nitrogen and oxygen atoms in total. The van der Waals surface area contributed by atoms with Gasteiger partial charge in [-0.1, -0.05) is 52.4 Å². The minimum atomic E-state index is -0.446. The van der Waals surface area contributed by atoms with Crippen LogP contribution in [0.2, 0.25) is 0 Å². The fourth-order valence-corrected chi connectivity index (χ4v) is 1.88. The van der Waals surface area contributed by atoms with Gasteiger partial charge in [-0.3, -0.25) is 4.79 Å². The molecule has 0 saturated heterocycles. The summed E-state index contributed by atoms with van der Waals surface area (Å²) in [5.41, 5.74) is -0.446. The lowest BCUT2D eigenvalue weighted by atomic mass is 9.99. The average molecular weight is 257 g/mol. The number of rotatable bonds is 11. The Labute approximate surface area is 112 Å². The topological polar surface area (TPSA) is 49.3 Å². The van der Waals surface area contributed by atoms with E-state index < -0.39 is 5.54 Å². The number of aliphatic hydroxyl groups excluding tert-OH is 1. The molecule has 108 valence electrons. The molecule has 0 rings (SSSR count). The molecule has 1 amide bonds. The third kappa shape index (κ3) is 8.51. The SMILES string of the molecule is CCCCCCCCCC(=O)NC(C)(CC)CO. The summed E-state index contributed by atoms with van der Waals surface area (Å²) in [7, 11) is 0. The highest BCUT2D eigenvalue weighted by Crippen LogP contribution is 2.11. The van der Waals surface area contributed by atoms with Crippen LogP contribution in [-0.2, 0) is 4.79 Å². The zero-order valence-corrected chi connectivity index (χ0v) is 12.4. The first-order valence-electron chi connectivity index (χ1n) is 7.50. The number of hydrogen-bond acceptors (Lipinski definition) is 2. The Morgan fingerprint density at radius 3 is 2.11 bits per heavy atom. The average Bonchev–Trinajstić information content (AvgIpc) is 2.37. The molecule has 0 aliphatic carbocycles. The van der Waals surface area contributed by atoms with E-state index in [0.29, 0.717) is 6.42 Å². The van der Waals surface area contributed by atoms with Crippen molar-refractivity contribution in [1.29, 1.82) is 0 Å². The Bertz CT molecular complexity index is 213. The van der Waals surface area contributed by atoms with E-state index in [4.69, 9.17) is 0 Å². The molecule has 0 saturated carbocycles. The predicted octanol–water partition coefficient (Wildman–Crippen LogP) is 3.40. The molecule has 3 heteroatoms. The summed E-state index contributed by atoms with van der Waals surface area (Å²) < 4.78 is 0. The van der Waals surface area contributed by atoms with Crippen LogP contribution in [0.25, 0.3) is 0 Å². The van der Waals surface area contributed by atoms with Gasteiger partial charge in [-0.2, -0.15) is 0 Å². The van der Waals surface area contributed by atoms with Crippen LogP contribution in [0, 0.1) is 0 Å². The molecule has 0 spiro atoms. The van der Waals surface area contributed by atoms with Crippen molar-refractivity contribution in [1.82, 2.24) is 5.32 Å². The maximum Gasteiger partial charge on any atom is 0.220 e. The quantitative estimate of drug-likeness (QED) is 0.557. The first kappa shape index (κ1) is 17.4. The van der Waals surface area contributed by atoms with E-state index in [1.54, 1.807) is 0 Å². The van der Waals surface area contributed by atoms with E-state index in [1.165, 1.54) is 32.1 Å². The highest BCUT2D eigenvalue weighted by Gasteiger charge is 2.22. The highest BCUT2D eigenvalue weighted by molar-refractivity contribution is 5.76. The van der Waals surface area contributed by atoms with E-state index in [9.17, 15) is 9.90 Å². The van der Waals surface area contributed by atoms with Gasteiger partial charge in [-0.15, -0.1) is 0 Å². The molecule has 1 unspecified atom stereocenters. The minimum Gasteiger partial charge on any atom is -0.394 e. The van der Waals surface area contributed by atoms with E-state index >= 15 is 0 Å². The first-order chi connectivity index (χ1) is 8.58. The Balaban J connectivity index is 3.53. The number of unbranched alkanes of at least 4 members (excludes halogenated alkanes) is 6. The summed E-state index contributed by atoms with van der Waals surface area (Å²) in [6.07, 6.45) is 9.89. The molecule has 2 N–H and O–H groups in total. The number of carbonyl (C=O) groups excluding carboxylic acids is 1. The van der Waals surface area contributed by atoms with Crippen LogP contribution in [0.5, 0.6) is 0 Å². The molecule has 0 aliphatic rings. The van der Waals surface area contributed by atoms with Gasteiger partial charge in [0.15, 0.2) is 0 Å². The second-order valence-corrected chi connectivity index (χ2v) is 5.49. The fraction of sp³-hybridized carbons (Fsp3) is 0.933. The monoisotopic (exact) mass is 257 g/mol. The maximum absolute atomic E-state index is 11.7. The van der Waals surface area contributed by atoms with Gasteiger partial charge in [0.05, 0.1) is 12.1 Å². The molecular formula is C15H31NO2. The van der Waals surface area contributed by atoms with Crippen molar-refractivity contribution in [2.45, 2.75) is 84.1 Å². The molecule has 0 aliphatic heterocycles. The lowest BCUT2D eigenvalue weighted by Crippen LogP contribution is -2.48. The normalized spacial score (nSPS) is 14.2. The Morgan fingerprint density at radius 2 is 1.61 bits per heavy atom. The van der Waals surface area contributed by atoms with Gasteiger partial charge in [0.25, 0.3) is 0 Å². The number of hydrogen-bond donors (Lipinski definition) is 2. The van der Waals surface area contributed by atoms with Crippen LogP contribution < -0.4 is 5.32 Å². The molecule has 18 heavy (non-hydrogen) atoms. The summed E-state index contributed by atoms with van der Waals surface area (Å²) in [5.74, 6) is 0.0713. The van der Waals surface area contributed by atoms with Crippen molar-refractivity contribution in [2.75, 3.05) is 6.61 Å². The number of carbonyl (C=O) groups is 1. The zero-order valence-electron chi connectivity index (χ0n) is 12.4. The van der Waals surface area contributed by atoms with Gasteiger partial charge < -0.3 is 10.4 Å². The van der Waals surface area contributed by atoms with Gasteiger partial charge in [0.1, 0.15) is 0 Å². The summed E-state index contributed by atoms with van der Waals surface area (Å²) in [6.45, 7) is 6.09. The van der Waals surface area contributed by atoms with Crippen molar-refractivity contribution < 1.29 is 9.90 Å². The molecule has 0 heterocycles. The Morgan fingerprint density at radius 1 is 1.06 bits per heavy atom. The highest BCUT2D eigenvalue weighted by atomic mass is 16.3. The lowest BCUT2D eigenvalue weighted by molar-refractivity contribution is -0.123. The third-order valence-electron chi connectivity index (χ3n) is 3.58. The fourth-order valence-electron chi connectivity index (χ4n) is 1.88. The summed E-state index contributed by atoms with van der Waals surface area (Å²) in [6, 6.07) is 0. The van der Waals surface area contributed by atoms with Crippen LogP contribution >= 0.6 is 0 Å². The third-order valence-corrected chi connectivity index (χ3v) is 3.58. The van der Waals surface area contributed by atoms with Crippen LogP contribution in [0.3, 0.4) is 0 Å². The van der Waals surface area contributed by atoms with Crippen molar-refractivity contribution in [2.24, 2.45) is 0 Å². The van der Waals surface area contributed by atoms with Gasteiger partial charge in [-0.25, -0.2) is 0 Å².